The molecule has 4 rings (SSSR count). The van der Waals surface area contributed by atoms with Crippen LogP contribution in [-0.2, 0) is 0 Å². The zero-order valence-electron chi connectivity index (χ0n) is 15.8. The first-order chi connectivity index (χ1) is 13.8. The van der Waals surface area contributed by atoms with E-state index in [1.807, 2.05) is 59.4 Å². The van der Waals surface area contributed by atoms with Crippen LogP contribution in [0.25, 0.3) is 5.69 Å². The summed E-state index contributed by atoms with van der Waals surface area (Å²) in [4.78, 5) is 15.0. The van der Waals surface area contributed by atoms with Crippen LogP contribution in [0.1, 0.15) is 35.2 Å². The molecule has 5 heteroatoms. The smallest absolute Gasteiger partial charge is 0.273 e. The molecule has 1 amide bonds. The first-order valence-corrected chi connectivity index (χ1v) is 9.72. The van der Waals surface area contributed by atoms with Crippen LogP contribution in [0.2, 0.25) is 0 Å². The van der Waals surface area contributed by atoms with Crippen LogP contribution in [0.15, 0.2) is 78.2 Å². The largest absolute Gasteiger partial charge is 0.372 e. The Bertz CT molecular complexity index is 939. The lowest BCUT2D eigenvalue weighted by atomic mass is 10.1. The molecular weight excluding hydrogens is 348 g/mol. The average Bonchev–Trinajstić information content (AvgIpc) is 3.30. The molecule has 0 unspecified atom stereocenters. The second-order valence-corrected chi connectivity index (χ2v) is 6.95. The molecule has 1 N–H and O–H groups in total. The molecule has 0 radical (unpaired) electrons. The van der Waals surface area contributed by atoms with E-state index in [4.69, 9.17) is 0 Å². The molecule has 5 nitrogen and oxygen atoms in total. The van der Waals surface area contributed by atoms with Crippen molar-refractivity contribution in [1.29, 1.82) is 0 Å². The fourth-order valence-electron chi connectivity index (χ4n) is 3.53. The molecule has 1 aliphatic rings. The standard InChI is InChI=1S/C23H24N4O/c28-23(21-8-2-3-9-22(21)27-16-6-7-17-27)25-24-18-19-10-12-20(13-11-19)26-14-4-1-5-15-26/h2-3,6-13,16-18H,1,4-5,14-15H2,(H,25,28)/b24-18-. The van der Waals surface area contributed by atoms with Gasteiger partial charge in [0.1, 0.15) is 0 Å². The number of piperidine rings is 1. The number of aromatic nitrogens is 1. The normalized spacial score (nSPS) is 14.4. The molecule has 2 heterocycles. The van der Waals surface area contributed by atoms with Gasteiger partial charge in [0.15, 0.2) is 0 Å². The number of para-hydroxylation sites is 1. The number of benzene rings is 2. The van der Waals surface area contributed by atoms with Crippen LogP contribution in [0.4, 0.5) is 5.69 Å². The maximum Gasteiger partial charge on any atom is 0.273 e. The van der Waals surface area contributed by atoms with Crippen LogP contribution in [0.3, 0.4) is 0 Å². The minimum Gasteiger partial charge on any atom is -0.372 e. The molecule has 1 fully saturated rings. The number of carbonyl (C=O) groups is 1. The third-order valence-corrected chi connectivity index (χ3v) is 5.03. The van der Waals surface area contributed by atoms with E-state index in [0.29, 0.717) is 5.56 Å². The number of hydrogen-bond donors (Lipinski definition) is 1. The van der Waals surface area contributed by atoms with Crippen LogP contribution in [-0.4, -0.2) is 29.8 Å². The van der Waals surface area contributed by atoms with Crippen LogP contribution < -0.4 is 10.3 Å². The second kappa shape index (κ2) is 8.57. The van der Waals surface area contributed by atoms with Crippen molar-refractivity contribution in [3.63, 3.8) is 0 Å². The van der Waals surface area contributed by atoms with Gasteiger partial charge in [0.25, 0.3) is 5.91 Å². The van der Waals surface area contributed by atoms with Gasteiger partial charge >= 0.3 is 0 Å². The minimum absolute atomic E-state index is 0.231. The third kappa shape index (κ3) is 4.14. The van der Waals surface area contributed by atoms with E-state index in [1.54, 1.807) is 12.3 Å². The summed E-state index contributed by atoms with van der Waals surface area (Å²) in [7, 11) is 0. The highest BCUT2D eigenvalue weighted by atomic mass is 16.2. The average molecular weight is 372 g/mol. The van der Waals surface area contributed by atoms with Crippen LogP contribution in [0.5, 0.6) is 0 Å². The van der Waals surface area contributed by atoms with E-state index in [1.165, 1.54) is 24.9 Å². The number of rotatable bonds is 5. The number of carbonyl (C=O) groups excluding carboxylic acids is 1. The van der Waals surface area contributed by atoms with E-state index >= 15 is 0 Å². The Morgan fingerprint density at radius 1 is 0.893 bits per heavy atom. The van der Waals surface area contributed by atoms with E-state index in [2.05, 4.69) is 27.6 Å². The van der Waals surface area contributed by atoms with Crippen LogP contribution >= 0.6 is 0 Å². The topological polar surface area (TPSA) is 49.6 Å². The third-order valence-electron chi connectivity index (χ3n) is 5.03. The van der Waals surface area contributed by atoms with Gasteiger partial charge in [0.2, 0.25) is 0 Å². The summed E-state index contributed by atoms with van der Waals surface area (Å²) in [5, 5.41) is 4.14. The Balaban J connectivity index is 1.41. The Morgan fingerprint density at radius 3 is 2.36 bits per heavy atom. The lowest BCUT2D eigenvalue weighted by molar-refractivity contribution is 0.0955. The quantitative estimate of drug-likeness (QED) is 0.538. The predicted molar refractivity (Wildman–Crippen MR) is 113 cm³/mol. The fourth-order valence-corrected chi connectivity index (χ4v) is 3.53. The molecular formula is C23H24N4O. The lowest BCUT2D eigenvalue weighted by Crippen LogP contribution is -2.29. The molecule has 28 heavy (non-hydrogen) atoms. The zero-order valence-corrected chi connectivity index (χ0v) is 15.8. The Labute approximate surface area is 165 Å². The van der Waals surface area contributed by atoms with Gasteiger partial charge in [-0.2, -0.15) is 5.10 Å². The summed E-state index contributed by atoms with van der Waals surface area (Å²) >= 11 is 0. The second-order valence-electron chi connectivity index (χ2n) is 6.95. The minimum atomic E-state index is -0.231. The molecule has 2 aromatic carbocycles. The van der Waals surface area contributed by atoms with Gasteiger partial charge in [-0.1, -0.05) is 24.3 Å². The molecule has 1 aliphatic heterocycles. The van der Waals surface area contributed by atoms with Crippen LogP contribution in [0, 0.1) is 0 Å². The zero-order chi connectivity index (χ0) is 19.2. The van der Waals surface area contributed by atoms with E-state index in [0.717, 1.165) is 24.3 Å². The Hall–Kier alpha value is -3.34. The van der Waals surface area contributed by atoms with Gasteiger partial charge in [-0.15, -0.1) is 0 Å². The van der Waals surface area contributed by atoms with Crippen molar-refractivity contribution in [2.45, 2.75) is 19.3 Å². The first kappa shape index (κ1) is 18.0. The van der Waals surface area contributed by atoms with Gasteiger partial charge in [-0.25, -0.2) is 5.43 Å². The van der Waals surface area contributed by atoms with Crippen molar-refractivity contribution < 1.29 is 4.79 Å². The molecule has 0 atom stereocenters. The van der Waals surface area contributed by atoms with Crippen molar-refractivity contribution in [1.82, 2.24) is 9.99 Å². The van der Waals surface area contributed by atoms with E-state index in [-0.39, 0.29) is 5.91 Å². The number of hydrazone groups is 1. The predicted octanol–water partition coefficient (Wildman–Crippen LogP) is 4.23. The summed E-state index contributed by atoms with van der Waals surface area (Å²) in [6.07, 6.45) is 9.36. The Kier molecular flexibility index (Phi) is 5.52. The molecule has 1 aromatic heterocycles. The van der Waals surface area contributed by atoms with Crippen molar-refractivity contribution in [2.24, 2.45) is 5.10 Å². The summed E-state index contributed by atoms with van der Waals surface area (Å²) in [5.41, 5.74) is 6.25. The fraction of sp³-hybridized carbons (Fsp3) is 0.217. The highest BCUT2D eigenvalue weighted by molar-refractivity contribution is 5.98. The summed E-state index contributed by atoms with van der Waals surface area (Å²) in [5.74, 6) is -0.231. The summed E-state index contributed by atoms with van der Waals surface area (Å²) < 4.78 is 1.91. The summed E-state index contributed by atoms with van der Waals surface area (Å²) in [6.45, 7) is 2.26. The number of nitrogens with zero attached hydrogens (tertiary/aromatic N) is 3. The number of amides is 1. The molecule has 0 spiro atoms. The first-order valence-electron chi connectivity index (χ1n) is 9.72. The van der Waals surface area contributed by atoms with Gasteiger partial charge in [-0.05, 0) is 61.2 Å². The highest BCUT2D eigenvalue weighted by Gasteiger charge is 2.11. The monoisotopic (exact) mass is 372 g/mol. The van der Waals surface area contributed by atoms with E-state index < -0.39 is 0 Å². The number of hydrogen-bond acceptors (Lipinski definition) is 3. The maximum atomic E-state index is 12.6. The van der Waals surface area contributed by atoms with Gasteiger partial charge in [0, 0.05) is 31.2 Å². The molecule has 0 bridgehead atoms. The molecule has 0 saturated carbocycles. The number of anilines is 1. The SMILES string of the molecule is O=C(N/N=C\c1ccc(N2CCCCC2)cc1)c1ccccc1-n1cccc1. The van der Waals surface area contributed by atoms with Crippen molar-refractivity contribution in [2.75, 3.05) is 18.0 Å². The molecule has 0 aliphatic carbocycles. The number of nitrogens with one attached hydrogen (secondary N) is 1. The van der Waals surface area contributed by atoms with Gasteiger partial charge in [0.05, 0.1) is 17.5 Å². The van der Waals surface area contributed by atoms with Crippen molar-refractivity contribution in [3.05, 3.63) is 84.2 Å². The Morgan fingerprint density at radius 2 is 1.61 bits per heavy atom. The van der Waals surface area contributed by atoms with Gasteiger partial charge < -0.3 is 9.47 Å². The van der Waals surface area contributed by atoms with Gasteiger partial charge in [-0.3, -0.25) is 4.79 Å². The molecule has 1 saturated heterocycles. The summed E-state index contributed by atoms with van der Waals surface area (Å²) in [6, 6.07) is 19.7. The van der Waals surface area contributed by atoms with Crippen molar-refractivity contribution >= 4 is 17.8 Å². The molecule has 3 aromatic rings. The van der Waals surface area contributed by atoms with Crippen molar-refractivity contribution in [3.8, 4) is 5.69 Å². The molecule has 142 valence electrons. The maximum absolute atomic E-state index is 12.6. The highest BCUT2D eigenvalue weighted by Crippen LogP contribution is 2.20. The van der Waals surface area contributed by atoms with E-state index in [9.17, 15) is 4.79 Å². The lowest BCUT2D eigenvalue weighted by Gasteiger charge is -2.28.